The molecule has 1 aromatic carbocycles. The summed E-state index contributed by atoms with van der Waals surface area (Å²) in [6.07, 6.45) is 10.8. The van der Waals surface area contributed by atoms with Gasteiger partial charge < -0.3 is 24.5 Å². The minimum Gasteiger partial charge on any atom is -0.396 e. The summed E-state index contributed by atoms with van der Waals surface area (Å²) in [7, 11) is 0. The molecule has 2 bridgehead atoms. The molecule has 1 aromatic rings. The topological polar surface area (TPSA) is 90.4 Å². The number of ether oxygens (including phenoxy) is 1. The second-order valence-electron chi connectivity index (χ2n) is 12.5. The van der Waals surface area contributed by atoms with Crippen molar-refractivity contribution in [2.75, 3.05) is 26.2 Å². The van der Waals surface area contributed by atoms with Gasteiger partial charge in [-0.25, -0.2) is 0 Å². The third-order valence-electron chi connectivity index (χ3n) is 10.2. The standard InChI is InChI=1S/C34H47N3O5/c1-4-20-35(24-25-14-9-7-10-15-25)30(39)27-28-31(40)37(22-13-23-38)29(34(28)19-18-33(27,6-3)42-34)32(41)36(21-5-2)26-16-11-8-12-17-26/h4-5,7,9-10,14-15,26-29,38H,1-2,6,8,11-13,16-24H2,3H3/t27-,28+,29?,33+,34?/m1/s1. The molecule has 228 valence electrons. The third kappa shape index (κ3) is 5.11. The van der Waals surface area contributed by atoms with Gasteiger partial charge in [-0.2, -0.15) is 0 Å². The minimum atomic E-state index is -1.07. The van der Waals surface area contributed by atoms with Crippen LogP contribution >= 0.6 is 0 Å². The van der Waals surface area contributed by atoms with Crippen LogP contribution in [-0.2, 0) is 25.7 Å². The van der Waals surface area contributed by atoms with Crippen LogP contribution in [0.3, 0.4) is 0 Å². The maximum Gasteiger partial charge on any atom is 0.248 e. The molecule has 4 aliphatic rings. The summed E-state index contributed by atoms with van der Waals surface area (Å²) < 4.78 is 6.99. The van der Waals surface area contributed by atoms with Gasteiger partial charge >= 0.3 is 0 Å². The zero-order valence-electron chi connectivity index (χ0n) is 25.1. The first-order chi connectivity index (χ1) is 20.4. The van der Waals surface area contributed by atoms with Crippen molar-refractivity contribution in [3.8, 4) is 0 Å². The number of aliphatic hydroxyl groups is 1. The van der Waals surface area contributed by atoms with Crippen molar-refractivity contribution in [1.29, 1.82) is 0 Å². The molecule has 8 nitrogen and oxygen atoms in total. The van der Waals surface area contributed by atoms with Crippen molar-refractivity contribution in [3.05, 3.63) is 61.2 Å². The number of aliphatic hydroxyl groups excluding tert-OH is 1. The van der Waals surface area contributed by atoms with Crippen LogP contribution in [0.2, 0.25) is 0 Å². The summed E-state index contributed by atoms with van der Waals surface area (Å²) in [6.45, 7) is 11.2. The van der Waals surface area contributed by atoms with Gasteiger partial charge in [0, 0.05) is 38.8 Å². The summed E-state index contributed by atoms with van der Waals surface area (Å²) in [5, 5.41) is 9.71. The second-order valence-corrected chi connectivity index (χ2v) is 12.5. The van der Waals surface area contributed by atoms with Gasteiger partial charge in [-0.1, -0.05) is 68.7 Å². The van der Waals surface area contributed by atoms with E-state index >= 15 is 0 Å². The van der Waals surface area contributed by atoms with E-state index < -0.39 is 29.1 Å². The van der Waals surface area contributed by atoms with Crippen LogP contribution in [0.15, 0.2) is 55.6 Å². The molecule has 5 atom stereocenters. The lowest BCUT2D eigenvalue weighted by atomic mass is 9.64. The van der Waals surface area contributed by atoms with E-state index in [-0.39, 0.29) is 36.9 Å². The van der Waals surface area contributed by atoms with Crippen LogP contribution in [0.1, 0.15) is 70.3 Å². The lowest BCUT2D eigenvalue weighted by Gasteiger charge is -2.40. The fourth-order valence-electron chi connectivity index (χ4n) is 8.35. The molecule has 3 heterocycles. The Labute approximate surface area is 250 Å². The monoisotopic (exact) mass is 577 g/mol. The van der Waals surface area contributed by atoms with Gasteiger partial charge in [-0.3, -0.25) is 14.4 Å². The van der Waals surface area contributed by atoms with Crippen LogP contribution in [0.25, 0.3) is 0 Å². The van der Waals surface area contributed by atoms with Crippen molar-refractivity contribution < 1.29 is 24.2 Å². The Morgan fingerprint density at radius 1 is 1.07 bits per heavy atom. The maximum absolute atomic E-state index is 14.7. The normalized spacial score (nSPS) is 30.3. The second kappa shape index (κ2) is 12.7. The minimum absolute atomic E-state index is 0.0896. The number of nitrogens with zero attached hydrogens (tertiary/aromatic N) is 3. The van der Waals surface area contributed by atoms with Crippen LogP contribution < -0.4 is 0 Å². The number of likely N-dealkylation sites (tertiary alicyclic amines) is 1. The van der Waals surface area contributed by atoms with Crippen molar-refractivity contribution in [3.63, 3.8) is 0 Å². The average molecular weight is 578 g/mol. The summed E-state index contributed by atoms with van der Waals surface area (Å²) >= 11 is 0. The summed E-state index contributed by atoms with van der Waals surface area (Å²) in [5.41, 5.74) is -0.871. The van der Waals surface area contributed by atoms with E-state index in [1.807, 2.05) is 42.2 Å². The Hall–Kier alpha value is -2.97. The molecule has 4 fully saturated rings. The highest BCUT2D eigenvalue weighted by molar-refractivity contribution is 5.99. The van der Waals surface area contributed by atoms with E-state index in [1.165, 1.54) is 6.42 Å². The number of hydrogen-bond acceptors (Lipinski definition) is 5. The molecule has 1 aliphatic carbocycles. The predicted molar refractivity (Wildman–Crippen MR) is 161 cm³/mol. The van der Waals surface area contributed by atoms with Crippen LogP contribution in [-0.4, -0.2) is 87.1 Å². The number of benzene rings is 1. The Kier molecular flexibility index (Phi) is 9.23. The van der Waals surface area contributed by atoms with Gasteiger partial charge in [0.25, 0.3) is 0 Å². The van der Waals surface area contributed by atoms with Crippen molar-refractivity contribution in [2.45, 2.75) is 94.5 Å². The van der Waals surface area contributed by atoms with E-state index in [2.05, 4.69) is 13.2 Å². The molecular weight excluding hydrogens is 530 g/mol. The zero-order chi connectivity index (χ0) is 29.9. The highest BCUT2D eigenvalue weighted by atomic mass is 16.5. The molecule has 3 aliphatic heterocycles. The Bertz CT molecular complexity index is 1170. The van der Waals surface area contributed by atoms with Gasteiger partial charge in [0.05, 0.1) is 17.4 Å². The smallest absolute Gasteiger partial charge is 0.248 e. The lowest BCUT2D eigenvalue weighted by molar-refractivity contribution is -0.156. The first kappa shape index (κ1) is 30.5. The van der Waals surface area contributed by atoms with E-state index in [0.717, 1.165) is 31.2 Å². The van der Waals surface area contributed by atoms with E-state index in [1.54, 1.807) is 22.0 Å². The molecule has 1 N–H and O–H groups in total. The molecule has 0 aromatic heterocycles. The number of carbonyl (C=O) groups excluding carboxylic acids is 3. The molecule has 1 saturated carbocycles. The first-order valence-corrected chi connectivity index (χ1v) is 15.8. The zero-order valence-corrected chi connectivity index (χ0v) is 25.1. The highest BCUT2D eigenvalue weighted by Crippen LogP contribution is 2.64. The van der Waals surface area contributed by atoms with Crippen molar-refractivity contribution in [2.24, 2.45) is 11.8 Å². The fraction of sp³-hybridized carbons (Fsp3) is 0.618. The number of hydrogen-bond donors (Lipinski definition) is 1. The van der Waals surface area contributed by atoms with E-state index in [4.69, 9.17) is 4.74 Å². The van der Waals surface area contributed by atoms with E-state index in [9.17, 15) is 19.5 Å². The average Bonchev–Trinajstić information content (AvgIpc) is 3.62. The predicted octanol–water partition coefficient (Wildman–Crippen LogP) is 4.09. The number of rotatable bonds is 13. The summed E-state index contributed by atoms with van der Waals surface area (Å²) in [4.78, 5) is 49.0. The molecule has 2 unspecified atom stereocenters. The van der Waals surface area contributed by atoms with Gasteiger partial charge in [0.1, 0.15) is 11.6 Å². The number of carbonyl (C=O) groups is 3. The van der Waals surface area contributed by atoms with E-state index in [0.29, 0.717) is 45.3 Å². The van der Waals surface area contributed by atoms with Gasteiger partial charge in [-0.15, -0.1) is 13.2 Å². The molecule has 5 rings (SSSR count). The fourth-order valence-corrected chi connectivity index (χ4v) is 8.35. The van der Waals surface area contributed by atoms with Crippen LogP contribution in [0, 0.1) is 11.8 Å². The van der Waals surface area contributed by atoms with Crippen LogP contribution in [0.5, 0.6) is 0 Å². The maximum atomic E-state index is 14.7. The molecule has 3 amide bonds. The molecule has 8 heteroatoms. The Morgan fingerprint density at radius 3 is 2.43 bits per heavy atom. The quantitative estimate of drug-likeness (QED) is 0.357. The molecule has 1 spiro atoms. The lowest BCUT2D eigenvalue weighted by Crippen LogP contribution is -2.58. The highest BCUT2D eigenvalue weighted by Gasteiger charge is 2.79. The summed E-state index contributed by atoms with van der Waals surface area (Å²) in [5.74, 6) is -1.86. The Balaban J connectivity index is 1.54. The molecule has 3 saturated heterocycles. The first-order valence-electron chi connectivity index (χ1n) is 15.8. The SMILES string of the molecule is C=CCN(Cc1ccccc1)C(=O)[C@H]1[C@H]2C(=O)N(CCCO)C(C(=O)N(CC=C)C3CCCCC3)C23CC[C@]1(CC)O3. The molecular formula is C34H47N3O5. The van der Waals surface area contributed by atoms with Gasteiger partial charge in [0.2, 0.25) is 17.7 Å². The molecule has 0 radical (unpaired) electrons. The van der Waals surface area contributed by atoms with Gasteiger partial charge in [0.15, 0.2) is 0 Å². The third-order valence-corrected chi connectivity index (χ3v) is 10.2. The van der Waals surface area contributed by atoms with Crippen molar-refractivity contribution in [1.82, 2.24) is 14.7 Å². The number of amides is 3. The van der Waals surface area contributed by atoms with Gasteiger partial charge in [-0.05, 0) is 44.1 Å². The number of fused-ring (bicyclic) bond motifs is 1. The largest absolute Gasteiger partial charge is 0.396 e. The molecule has 42 heavy (non-hydrogen) atoms. The van der Waals surface area contributed by atoms with Crippen LogP contribution in [0.4, 0.5) is 0 Å². The summed E-state index contributed by atoms with van der Waals surface area (Å²) in [6, 6.07) is 9.10. The Morgan fingerprint density at radius 2 is 1.79 bits per heavy atom. The van der Waals surface area contributed by atoms with Crippen molar-refractivity contribution >= 4 is 17.7 Å².